The number of rotatable bonds is 6. The summed E-state index contributed by atoms with van der Waals surface area (Å²) < 4.78 is 30.3. The zero-order valence-corrected chi connectivity index (χ0v) is 21.8. The van der Waals surface area contributed by atoms with Crippen LogP contribution < -0.4 is 4.90 Å². The summed E-state index contributed by atoms with van der Waals surface area (Å²) in [6.07, 6.45) is -0.237. The number of hydrogen-bond acceptors (Lipinski definition) is 4. The number of benzene rings is 4. The number of fused-ring (bicyclic) bond motifs is 1. The highest BCUT2D eigenvalue weighted by Crippen LogP contribution is 2.36. The van der Waals surface area contributed by atoms with E-state index in [9.17, 15) is 18.0 Å². The van der Waals surface area contributed by atoms with E-state index in [1.54, 1.807) is 49.4 Å². The molecule has 1 aliphatic rings. The Kier molecular flexibility index (Phi) is 6.51. The van der Waals surface area contributed by atoms with Gasteiger partial charge in [0.1, 0.15) is 6.04 Å². The van der Waals surface area contributed by atoms with E-state index in [0.29, 0.717) is 5.69 Å². The van der Waals surface area contributed by atoms with Crippen molar-refractivity contribution in [3.05, 3.63) is 107 Å². The Bertz CT molecular complexity index is 1560. The predicted molar refractivity (Wildman–Crippen MR) is 143 cm³/mol. The third-order valence-corrected chi connectivity index (χ3v) is 8.98. The van der Waals surface area contributed by atoms with E-state index < -0.39 is 33.9 Å². The van der Waals surface area contributed by atoms with Crippen LogP contribution in [0.15, 0.2) is 106 Å². The zero-order valence-electron chi connectivity index (χ0n) is 19.4. The van der Waals surface area contributed by atoms with Crippen molar-refractivity contribution in [3.8, 4) is 0 Å². The molecule has 6 nitrogen and oxygen atoms in total. The molecule has 2 atom stereocenters. The topological polar surface area (TPSA) is 74.8 Å². The number of carbonyl (C=O) groups is 2. The van der Waals surface area contributed by atoms with Crippen LogP contribution in [0.1, 0.15) is 24.9 Å². The van der Waals surface area contributed by atoms with Gasteiger partial charge >= 0.3 is 0 Å². The molecule has 0 aliphatic carbocycles. The van der Waals surface area contributed by atoms with Crippen molar-refractivity contribution in [1.29, 1.82) is 0 Å². The van der Waals surface area contributed by atoms with E-state index in [-0.39, 0.29) is 11.3 Å². The minimum absolute atomic E-state index is 0.0753. The van der Waals surface area contributed by atoms with Crippen LogP contribution in [-0.4, -0.2) is 30.6 Å². The van der Waals surface area contributed by atoms with Gasteiger partial charge in [-0.25, -0.2) is 13.3 Å². The van der Waals surface area contributed by atoms with Crippen molar-refractivity contribution in [2.45, 2.75) is 30.3 Å². The Hall–Kier alpha value is -3.33. The Balaban J connectivity index is 1.61. The normalized spacial score (nSPS) is 17.2. The van der Waals surface area contributed by atoms with Crippen LogP contribution in [-0.2, 0) is 19.6 Å². The Morgan fingerprint density at radius 1 is 0.861 bits per heavy atom. The first kappa shape index (κ1) is 24.4. The summed E-state index contributed by atoms with van der Waals surface area (Å²) in [5.41, 5.74) is 1.13. The van der Waals surface area contributed by atoms with Crippen LogP contribution in [0.2, 0.25) is 0 Å². The van der Waals surface area contributed by atoms with Gasteiger partial charge in [-0.3, -0.25) is 9.59 Å². The van der Waals surface area contributed by atoms with Gasteiger partial charge in [0.2, 0.25) is 15.9 Å². The van der Waals surface area contributed by atoms with E-state index in [1.807, 2.05) is 54.6 Å². The van der Waals surface area contributed by atoms with E-state index in [2.05, 4.69) is 15.9 Å². The molecule has 2 amide bonds. The minimum atomic E-state index is -4.17. The maximum absolute atomic E-state index is 14.2. The number of anilines is 1. The lowest BCUT2D eigenvalue weighted by Crippen LogP contribution is -2.46. The molecule has 8 heteroatoms. The monoisotopic (exact) mass is 562 g/mol. The summed E-state index contributed by atoms with van der Waals surface area (Å²) in [7, 11) is -4.17. The standard InChI is InChI=1S/C28H23BrN2O4S/c1-19(20-7-3-2-4-8-20)31(36(34,35)25-16-11-21-9-5-6-10-22(21)17-25)26-18-27(32)30(28(26)33)24-14-12-23(29)13-15-24/h2-17,19,26H,18H2,1H3. The maximum Gasteiger partial charge on any atom is 0.252 e. The molecule has 36 heavy (non-hydrogen) atoms. The molecule has 4 aromatic rings. The van der Waals surface area contributed by atoms with Crippen LogP contribution in [0.25, 0.3) is 10.8 Å². The molecule has 0 bridgehead atoms. The molecule has 1 heterocycles. The zero-order chi connectivity index (χ0) is 25.4. The molecule has 0 aromatic heterocycles. The van der Waals surface area contributed by atoms with Crippen molar-refractivity contribution in [3.63, 3.8) is 0 Å². The summed E-state index contributed by atoms with van der Waals surface area (Å²) in [6.45, 7) is 1.74. The molecule has 0 radical (unpaired) electrons. The Morgan fingerprint density at radius 2 is 1.50 bits per heavy atom. The van der Waals surface area contributed by atoms with E-state index in [1.165, 1.54) is 4.31 Å². The van der Waals surface area contributed by atoms with Gasteiger partial charge in [0.05, 0.1) is 17.0 Å². The second-order valence-corrected chi connectivity index (χ2v) is 11.5. The van der Waals surface area contributed by atoms with Gasteiger partial charge in [0, 0.05) is 10.5 Å². The van der Waals surface area contributed by atoms with Gasteiger partial charge in [-0.2, -0.15) is 4.31 Å². The van der Waals surface area contributed by atoms with Crippen LogP contribution in [0, 0.1) is 0 Å². The average Bonchev–Trinajstić information content (AvgIpc) is 3.17. The minimum Gasteiger partial charge on any atom is -0.274 e. The highest BCUT2D eigenvalue weighted by atomic mass is 79.9. The number of imide groups is 1. The second kappa shape index (κ2) is 9.61. The fourth-order valence-corrected chi connectivity index (χ4v) is 6.71. The fraction of sp³-hybridized carbons (Fsp3) is 0.143. The van der Waals surface area contributed by atoms with Crippen molar-refractivity contribution in [2.75, 3.05) is 4.90 Å². The number of amides is 2. The quantitative estimate of drug-likeness (QED) is 0.283. The lowest BCUT2D eigenvalue weighted by Gasteiger charge is -2.32. The molecule has 1 saturated heterocycles. The molecule has 182 valence electrons. The summed E-state index contributed by atoms with van der Waals surface area (Å²) in [5.74, 6) is -0.999. The molecule has 1 aliphatic heterocycles. The van der Waals surface area contributed by atoms with Gasteiger partial charge in [-0.05, 0) is 59.7 Å². The van der Waals surface area contributed by atoms with Crippen molar-refractivity contribution >= 4 is 54.2 Å². The average molecular weight is 563 g/mol. The first-order chi connectivity index (χ1) is 17.3. The molecule has 0 N–H and O–H groups in total. The summed E-state index contributed by atoms with van der Waals surface area (Å²) in [6, 6.07) is 26.5. The van der Waals surface area contributed by atoms with Gasteiger partial charge in [-0.1, -0.05) is 76.6 Å². The smallest absolute Gasteiger partial charge is 0.252 e. The highest BCUT2D eigenvalue weighted by molar-refractivity contribution is 9.10. The number of nitrogens with zero attached hydrogens (tertiary/aromatic N) is 2. The summed E-state index contributed by atoms with van der Waals surface area (Å²) in [5, 5.41) is 1.68. The van der Waals surface area contributed by atoms with Gasteiger partial charge in [0.25, 0.3) is 5.91 Å². The van der Waals surface area contributed by atoms with Crippen LogP contribution >= 0.6 is 15.9 Å². The molecule has 5 rings (SSSR count). The fourth-order valence-electron chi connectivity index (χ4n) is 4.65. The Morgan fingerprint density at radius 3 is 2.19 bits per heavy atom. The van der Waals surface area contributed by atoms with E-state index in [4.69, 9.17) is 0 Å². The second-order valence-electron chi connectivity index (χ2n) is 8.69. The maximum atomic E-state index is 14.2. The van der Waals surface area contributed by atoms with Gasteiger partial charge < -0.3 is 0 Å². The first-order valence-electron chi connectivity index (χ1n) is 11.5. The third kappa shape index (κ3) is 4.36. The van der Waals surface area contributed by atoms with Crippen LogP contribution in [0.5, 0.6) is 0 Å². The molecule has 2 unspecified atom stereocenters. The van der Waals surface area contributed by atoms with Crippen LogP contribution in [0.3, 0.4) is 0 Å². The van der Waals surface area contributed by atoms with Gasteiger partial charge in [0.15, 0.2) is 0 Å². The van der Waals surface area contributed by atoms with E-state index in [0.717, 1.165) is 25.7 Å². The van der Waals surface area contributed by atoms with Gasteiger partial charge in [-0.15, -0.1) is 0 Å². The highest BCUT2D eigenvalue weighted by Gasteiger charge is 2.49. The van der Waals surface area contributed by atoms with Crippen molar-refractivity contribution < 1.29 is 18.0 Å². The summed E-state index contributed by atoms with van der Waals surface area (Å²) >= 11 is 3.36. The first-order valence-corrected chi connectivity index (χ1v) is 13.7. The largest absolute Gasteiger partial charge is 0.274 e. The predicted octanol–water partition coefficient (Wildman–Crippen LogP) is 5.69. The lowest BCUT2D eigenvalue weighted by atomic mass is 10.1. The molecular formula is C28H23BrN2O4S. The third-order valence-electron chi connectivity index (χ3n) is 6.47. The van der Waals surface area contributed by atoms with Crippen molar-refractivity contribution in [2.24, 2.45) is 0 Å². The SMILES string of the molecule is CC(c1ccccc1)N(C1CC(=O)N(c2ccc(Br)cc2)C1=O)S(=O)(=O)c1ccc2ccccc2c1. The molecule has 0 saturated carbocycles. The molecular weight excluding hydrogens is 540 g/mol. The molecule has 0 spiro atoms. The van der Waals surface area contributed by atoms with Crippen LogP contribution in [0.4, 0.5) is 5.69 Å². The van der Waals surface area contributed by atoms with E-state index >= 15 is 0 Å². The Labute approximate surface area is 218 Å². The number of halogens is 1. The summed E-state index contributed by atoms with van der Waals surface area (Å²) in [4.78, 5) is 27.9. The number of carbonyl (C=O) groups excluding carboxylic acids is 2. The number of hydrogen-bond donors (Lipinski definition) is 0. The lowest BCUT2D eigenvalue weighted by molar-refractivity contribution is -0.122. The molecule has 1 fully saturated rings. The number of sulfonamides is 1. The molecule has 4 aromatic carbocycles. The van der Waals surface area contributed by atoms with Crippen molar-refractivity contribution in [1.82, 2.24) is 4.31 Å².